The van der Waals surface area contributed by atoms with Crippen molar-refractivity contribution < 1.29 is 26.3 Å². The molecule has 0 unspecified atom stereocenters. The Morgan fingerprint density at radius 3 is 2.15 bits per heavy atom. The van der Waals surface area contributed by atoms with Gasteiger partial charge in [0.05, 0.1) is 24.0 Å². The zero-order chi connectivity index (χ0) is 24.5. The Morgan fingerprint density at radius 1 is 0.794 bits per heavy atom. The van der Waals surface area contributed by atoms with Crippen molar-refractivity contribution in [3.05, 3.63) is 77.4 Å². The van der Waals surface area contributed by atoms with E-state index in [9.17, 15) is 16.8 Å². The molecule has 0 aliphatic carbocycles. The van der Waals surface area contributed by atoms with Crippen LogP contribution in [0.5, 0.6) is 11.5 Å². The molecule has 0 radical (unpaired) electrons. The van der Waals surface area contributed by atoms with E-state index in [1.807, 2.05) is 13.0 Å². The van der Waals surface area contributed by atoms with Gasteiger partial charge in [0.2, 0.25) is 10.0 Å². The fourth-order valence-electron chi connectivity index (χ4n) is 3.86. The highest BCUT2D eigenvalue weighted by atomic mass is 32.2. The van der Waals surface area contributed by atoms with Crippen LogP contribution in [0.3, 0.4) is 0 Å². The van der Waals surface area contributed by atoms with Crippen LogP contribution >= 0.6 is 0 Å². The van der Waals surface area contributed by atoms with Crippen molar-refractivity contribution in [2.75, 3.05) is 25.5 Å². The van der Waals surface area contributed by atoms with Crippen molar-refractivity contribution in [2.45, 2.75) is 29.7 Å². The molecule has 4 rings (SSSR count). The maximum Gasteiger partial charge on any atom is 0.262 e. The van der Waals surface area contributed by atoms with E-state index < -0.39 is 20.0 Å². The lowest BCUT2D eigenvalue weighted by molar-refractivity contribution is 0.354. The van der Waals surface area contributed by atoms with E-state index in [0.29, 0.717) is 30.2 Å². The number of aryl methyl sites for hydroxylation is 1. The fourth-order valence-corrected chi connectivity index (χ4v) is 6.34. The first-order valence-corrected chi connectivity index (χ1v) is 13.5. The first-order chi connectivity index (χ1) is 16.1. The minimum Gasteiger partial charge on any atom is -0.493 e. The van der Waals surface area contributed by atoms with Crippen LogP contribution in [-0.4, -0.2) is 41.9 Å². The molecule has 34 heavy (non-hydrogen) atoms. The predicted molar refractivity (Wildman–Crippen MR) is 129 cm³/mol. The van der Waals surface area contributed by atoms with Gasteiger partial charge in [-0.3, -0.25) is 4.72 Å². The second-order valence-corrected chi connectivity index (χ2v) is 11.6. The molecule has 1 N–H and O–H groups in total. The average molecular weight is 503 g/mol. The van der Waals surface area contributed by atoms with E-state index in [0.717, 1.165) is 16.7 Å². The highest BCUT2D eigenvalue weighted by Gasteiger charge is 2.28. The van der Waals surface area contributed by atoms with Crippen LogP contribution in [0.15, 0.2) is 70.5 Å². The monoisotopic (exact) mass is 502 g/mol. The van der Waals surface area contributed by atoms with Gasteiger partial charge < -0.3 is 9.47 Å². The van der Waals surface area contributed by atoms with Crippen LogP contribution in [0.25, 0.3) is 0 Å². The number of benzene rings is 3. The van der Waals surface area contributed by atoms with E-state index in [4.69, 9.17) is 9.47 Å². The molecule has 0 spiro atoms. The minimum atomic E-state index is -3.90. The minimum absolute atomic E-state index is 0.0199. The molecule has 0 fully saturated rings. The average Bonchev–Trinajstić information content (AvgIpc) is 2.83. The summed E-state index contributed by atoms with van der Waals surface area (Å²) in [4.78, 5) is 0.262. The van der Waals surface area contributed by atoms with Crippen molar-refractivity contribution in [1.29, 1.82) is 0 Å². The topological polar surface area (TPSA) is 102 Å². The zero-order valence-electron chi connectivity index (χ0n) is 19.1. The molecule has 3 aromatic rings. The van der Waals surface area contributed by atoms with Crippen LogP contribution < -0.4 is 14.2 Å². The Hall–Kier alpha value is -3.08. The molecular weight excluding hydrogens is 476 g/mol. The first-order valence-electron chi connectivity index (χ1n) is 10.6. The Bertz CT molecular complexity index is 1420. The van der Waals surface area contributed by atoms with Crippen LogP contribution in [-0.2, 0) is 33.0 Å². The molecule has 1 heterocycles. The van der Waals surface area contributed by atoms with Gasteiger partial charge in [-0.05, 0) is 60.9 Å². The van der Waals surface area contributed by atoms with E-state index in [1.165, 1.54) is 36.7 Å². The van der Waals surface area contributed by atoms with Gasteiger partial charge in [0.1, 0.15) is 0 Å². The lowest BCUT2D eigenvalue weighted by Gasteiger charge is -2.28. The van der Waals surface area contributed by atoms with E-state index in [2.05, 4.69) is 4.72 Å². The third kappa shape index (κ3) is 4.75. The molecule has 3 aromatic carbocycles. The van der Waals surface area contributed by atoms with E-state index >= 15 is 0 Å². The predicted octanol–water partition coefficient (Wildman–Crippen LogP) is 3.56. The second kappa shape index (κ2) is 9.28. The van der Waals surface area contributed by atoms with Crippen molar-refractivity contribution >= 4 is 25.7 Å². The van der Waals surface area contributed by atoms with E-state index in [1.54, 1.807) is 36.4 Å². The van der Waals surface area contributed by atoms with Crippen LogP contribution in [0.1, 0.15) is 16.7 Å². The van der Waals surface area contributed by atoms with Crippen molar-refractivity contribution in [3.63, 3.8) is 0 Å². The molecule has 180 valence electrons. The highest BCUT2D eigenvalue weighted by Crippen LogP contribution is 2.31. The standard InChI is InChI=1S/C24H26N2O6S2/c1-17-4-8-21(9-5-17)34(29,30)26-13-12-18-6-7-20(14-19(18)16-26)25-33(27,28)22-10-11-23(31-2)24(15-22)32-3/h4-11,14-15,25H,12-13,16H2,1-3H3. The van der Waals surface area contributed by atoms with Crippen molar-refractivity contribution in [1.82, 2.24) is 4.31 Å². The second-order valence-electron chi connectivity index (χ2n) is 8.01. The number of methoxy groups -OCH3 is 2. The number of fused-ring (bicyclic) bond motifs is 1. The zero-order valence-corrected chi connectivity index (χ0v) is 20.7. The van der Waals surface area contributed by atoms with Crippen LogP contribution in [0.2, 0.25) is 0 Å². The van der Waals surface area contributed by atoms with E-state index in [-0.39, 0.29) is 16.3 Å². The van der Waals surface area contributed by atoms with Gasteiger partial charge in [-0.15, -0.1) is 0 Å². The number of ether oxygens (including phenoxy) is 2. The van der Waals surface area contributed by atoms with Crippen molar-refractivity contribution in [3.8, 4) is 11.5 Å². The lowest BCUT2D eigenvalue weighted by Crippen LogP contribution is -2.36. The van der Waals surface area contributed by atoms with Crippen LogP contribution in [0, 0.1) is 6.92 Å². The van der Waals surface area contributed by atoms with Crippen molar-refractivity contribution in [2.24, 2.45) is 0 Å². The number of anilines is 1. The first kappa shape index (κ1) is 24.1. The molecule has 0 saturated heterocycles. The molecule has 0 aromatic heterocycles. The summed E-state index contributed by atoms with van der Waals surface area (Å²) in [7, 11) is -4.66. The number of nitrogens with one attached hydrogen (secondary N) is 1. The molecule has 1 aliphatic heterocycles. The Balaban J connectivity index is 1.58. The fraction of sp³-hybridized carbons (Fsp3) is 0.250. The summed E-state index contributed by atoms with van der Waals surface area (Å²) >= 11 is 0. The molecule has 10 heteroatoms. The highest BCUT2D eigenvalue weighted by molar-refractivity contribution is 7.92. The number of hydrogen-bond acceptors (Lipinski definition) is 6. The van der Waals surface area contributed by atoms with Gasteiger partial charge >= 0.3 is 0 Å². The van der Waals surface area contributed by atoms with Gasteiger partial charge in [0.15, 0.2) is 11.5 Å². The molecule has 0 bridgehead atoms. The summed E-state index contributed by atoms with van der Waals surface area (Å²) in [5.74, 6) is 0.720. The summed E-state index contributed by atoms with van der Waals surface area (Å²) in [5, 5.41) is 0. The quantitative estimate of drug-likeness (QED) is 0.530. The SMILES string of the molecule is COc1ccc(S(=O)(=O)Nc2ccc3c(c2)CN(S(=O)(=O)c2ccc(C)cc2)CC3)cc1OC. The van der Waals surface area contributed by atoms with Crippen LogP contribution in [0.4, 0.5) is 5.69 Å². The van der Waals surface area contributed by atoms with Gasteiger partial charge in [-0.2, -0.15) is 4.31 Å². The Kier molecular flexibility index (Phi) is 6.57. The molecule has 0 atom stereocenters. The summed E-state index contributed by atoms with van der Waals surface area (Å²) in [6, 6.07) is 16.3. The number of nitrogens with zero attached hydrogens (tertiary/aromatic N) is 1. The summed E-state index contributed by atoms with van der Waals surface area (Å²) in [6.07, 6.45) is 0.545. The Labute approximate surface area is 200 Å². The molecular formula is C24H26N2O6S2. The summed E-state index contributed by atoms with van der Waals surface area (Å²) in [5.41, 5.74) is 3.08. The lowest BCUT2D eigenvalue weighted by atomic mass is 10.0. The Morgan fingerprint density at radius 2 is 1.47 bits per heavy atom. The molecule has 0 amide bonds. The van der Waals surface area contributed by atoms with Gasteiger partial charge in [-0.1, -0.05) is 23.8 Å². The number of hydrogen-bond donors (Lipinski definition) is 1. The number of rotatable bonds is 7. The smallest absolute Gasteiger partial charge is 0.262 e. The van der Waals surface area contributed by atoms with Gasteiger partial charge in [0.25, 0.3) is 10.0 Å². The summed E-state index contributed by atoms with van der Waals surface area (Å²) in [6.45, 7) is 2.43. The maximum atomic E-state index is 13.1. The molecule has 1 aliphatic rings. The normalized spacial score (nSPS) is 14.3. The van der Waals surface area contributed by atoms with Gasteiger partial charge in [0, 0.05) is 24.8 Å². The summed E-state index contributed by atoms with van der Waals surface area (Å²) < 4.78 is 66.5. The number of sulfonamides is 2. The molecule has 0 saturated carbocycles. The largest absolute Gasteiger partial charge is 0.493 e. The third-order valence-electron chi connectivity index (χ3n) is 5.76. The molecule has 8 nitrogen and oxygen atoms in total. The maximum absolute atomic E-state index is 13.1. The third-order valence-corrected chi connectivity index (χ3v) is 9.00. The van der Waals surface area contributed by atoms with Gasteiger partial charge in [-0.25, -0.2) is 16.8 Å².